The van der Waals surface area contributed by atoms with E-state index in [-0.39, 0.29) is 11.5 Å². The Morgan fingerprint density at radius 2 is 1.95 bits per heavy atom. The van der Waals surface area contributed by atoms with Crippen molar-refractivity contribution >= 4 is 0 Å². The van der Waals surface area contributed by atoms with Crippen LogP contribution in [-0.4, -0.2) is 15.1 Å². The van der Waals surface area contributed by atoms with E-state index in [1.54, 1.807) is 12.4 Å². The standard InChI is InChI=1S/C14H20N4O/c1-10(11-5-7-15-8-6-11)16-9-12-17-13(18-19-12)14(2,3)4/h5-8,10,16H,9H2,1-4H3/t10-/m1/s1. The third-order valence-electron chi connectivity index (χ3n) is 2.90. The Morgan fingerprint density at radius 3 is 2.53 bits per heavy atom. The predicted molar refractivity (Wildman–Crippen MR) is 72.5 cm³/mol. The molecule has 0 spiro atoms. The van der Waals surface area contributed by atoms with Crippen LogP contribution in [0.1, 0.15) is 51.0 Å². The van der Waals surface area contributed by atoms with Gasteiger partial charge in [0, 0.05) is 23.9 Å². The molecule has 1 N–H and O–H groups in total. The molecule has 0 aromatic carbocycles. The molecule has 0 bridgehead atoms. The topological polar surface area (TPSA) is 63.8 Å². The minimum absolute atomic E-state index is 0.0849. The van der Waals surface area contributed by atoms with Crippen LogP contribution in [0, 0.1) is 0 Å². The molecule has 19 heavy (non-hydrogen) atoms. The van der Waals surface area contributed by atoms with Crippen LogP contribution in [0.5, 0.6) is 0 Å². The highest BCUT2D eigenvalue weighted by Gasteiger charge is 2.20. The second-order valence-electron chi connectivity index (χ2n) is 5.64. The third kappa shape index (κ3) is 3.61. The van der Waals surface area contributed by atoms with Crippen LogP contribution < -0.4 is 5.32 Å². The maximum absolute atomic E-state index is 5.24. The van der Waals surface area contributed by atoms with E-state index in [9.17, 15) is 0 Å². The quantitative estimate of drug-likeness (QED) is 0.915. The van der Waals surface area contributed by atoms with Crippen LogP contribution in [0.2, 0.25) is 0 Å². The lowest BCUT2D eigenvalue weighted by Crippen LogP contribution is -2.19. The van der Waals surface area contributed by atoms with Gasteiger partial charge in [0.05, 0.1) is 6.54 Å². The molecule has 102 valence electrons. The monoisotopic (exact) mass is 260 g/mol. The summed E-state index contributed by atoms with van der Waals surface area (Å²) in [5.74, 6) is 1.35. The molecule has 0 unspecified atom stereocenters. The van der Waals surface area contributed by atoms with Crippen molar-refractivity contribution in [3.63, 3.8) is 0 Å². The van der Waals surface area contributed by atoms with Gasteiger partial charge >= 0.3 is 0 Å². The Kier molecular flexibility index (Phi) is 3.95. The van der Waals surface area contributed by atoms with Crippen LogP contribution in [-0.2, 0) is 12.0 Å². The number of hydrogen-bond acceptors (Lipinski definition) is 5. The van der Waals surface area contributed by atoms with Crippen molar-refractivity contribution in [2.24, 2.45) is 0 Å². The Morgan fingerprint density at radius 1 is 1.26 bits per heavy atom. The molecule has 0 amide bonds. The minimum atomic E-state index is -0.0849. The average molecular weight is 260 g/mol. The Balaban J connectivity index is 1.94. The van der Waals surface area contributed by atoms with Crippen molar-refractivity contribution in [2.75, 3.05) is 0 Å². The number of rotatable bonds is 4. The van der Waals surface area contributed by atoms with E-state index in [1.165, 1.54) is 5.56 Å². The Labute approximate surface area is 113 Å². The molecule has 5 heteroatoms. The summed E-state index contributed by atoms with van der Waals surface area (Å²) < 4.78 is 5.24. The maximum atomic E-state index is 5.24. The fourth-order valence-electron chi connectivity index (χ4n) is 1.64. The molecular formula is C14H20N4O. The first-order valence-corrected chi connectivity index (χ1v) is 6.43. The van der Waals surface area contributed by atoms with Crippen molar-refractivity contribution in [1.29, 1.82) is 0 Å². The van der Waals surface area contributed by atoms with E-state index in [0.717, 1.165) is 5.82 Å². The number of aromatic nitrogens is 3. The molecule has 0 aliphatic heterocycles. The molecule has 0 saturated heterocycles. The summed E-state index contributed by atoms with van der Waals surface area (Å²) in [4.78, 5) is 8.40. The third-order valence-corrected chi connectivity index (χ3v) is 2.90. The average Bonchev–Trinajstić information content (AvgIpc) is 2.86. The summed E-state index contributed by atoms with van der Waals surface area (Å²) in [6, 6.07) is 4.20. The van der Waals surface area contributed by atoms with Gasteiger partial charge in [-0.25, -0.2) is 0 Å². The maximum Gasteiger partial charge on any atom is 0.240 e. The zero-order chi connectivity index (χ0) is 13.9. The first-order valence-electron chi connectivity index (χ1n) is 6.43. The lowest BCUT2D eigenvalue weighted by Gasteiger charge is -2.12. The molecule has 2 heterocycles. The van der Waals surface area contributed by atoms with Crippen molar-refractivity contribution < 1.29 is 4.52 Å². The van der Waals surface area contributed by atoms with Gasteiger partial charge in [0.25, 0.3) is 0 Å². The minimum Gasteiger partial charge on any atom is -0.338 e. The molecule has 2 aromatic heterocycles. The summed E-state index contributed by atoms with van der Waals surface area (Å²) in [6.45, 7) is 8.85. The largest absolute Gasteiger partial charge is 0.338 e. The molecule has 5 nitrogen and oxygen atoms in total. The number of hydrogen-bond donors (Lipinski definition) is 1. The molecule has 2 rings (SSSR count). The van der Waals surface area contributed by atoms with E-state index in [4.69, 9.17) is 4.52 Å². The highest BCUT2D eigenvalue weighted by Crippen LogP contribution is 2.18. The summed E-state index contributed by atoms with van der Waals surface area (Å²) in [7, 11) is 0. The summed E-state index contributed by atoms with van der Waals surface area (Å²) in [5.41, 5.74) is 1.10. The van der Waals surface area contributed by atoms with Gasteiger partial charge in [0.15, 0.2) is 5.82 Å². The van der Waals surface area contributed by atoms with Gasteiger partial charge in [-0.1, -0.05) is 25.9 Å². The van der Waals surface area contributed by atoms with E-state index >= 15 is 0 Å². The normalized spacial score (nSPS) is 13.5. The first-order chi connectivity index (χ1) is 8.97. The highest BCUT2D eigenvalue weighted by atomic mass is 16.5. The van der Waals surface area contributed by atoms with Gasteiger partial charge in [-0.15, -0.1) is 0 Å². The molecular weight excluding hydrogens is 240 g/mol. The fraction of sp³-hybridized carbons (Fsp3) is 0.500. The molecule has 0 fully saturated rings. The number of pyridine rings is 1. The van der Waals surface area contributed by atoms with Crippen molar-refractivity contribution in [3.05, 3.63) is 41.8 Å². The van der Waals surface area contributed by atoms with E-state index in [2.05, 4.69) is 48.1 Å². The summed E-state index contributed by atoms with van der Waals surface area (Å²) >= 11 is 0. The fourth-order valence-corrected chi connectivity index (χ4v) is 1.64. The van der Waals surface area contributed by atoms with Crippen LogP contribution in [0.4, 0.5) is 0 Å². The van der Waals surface area contributed by atoms with Crippen LogP contribution in [0.3, 0.4) is 0 Å². The second-order valence-corrected chi connectivity index (χ2v) is 5.64. The number of nitrogens with zero attached hydrogens (tertiary/aromatic N) is 3. The van der Waals surface area contributed by atoms with Crippen molar-refractivity contribution in [2.45, 2.75) is 45.7 Å². The van der Waals surface area contributed by atoms with Crippen LogP contribution in [0.15, 0.2) is 29.0 Å². The molecule has 0 saturated carbocycles. The number of nitrogens with one attached hydrogen (secondary N) is 1. The summed E-state index contributed by atoms with van der Waals surface area (Å²) in [6.07, 6.45) is 3.58. The van der Waals surface area contributed by atoms with Gasteiger partial charge in [-0.05, 0) is 24.6 Å². The van der Waals surface area contributed by atoms with Crippen molar-refractivity contribution in [1.82, 2.24) is 20.4 Å². The summed E-state index contributed by atoms with van der Waals surface area (Å²) in [5, 5.41) is 7.36. The SMILES string of the molecule is C[C@@H](NCc1nc(C(C)(C)C)no1)c1ccncc1. The van der Waals surface area contributed by atoms with Crippen LogP contribution in [0.25, 0.3) is 0 Å². The van der Waals surface area contributed by atoms with Crippen LogP contribution >= 0.6 is 0 Å². The smallest absolute Gasteiger partial charge is 0.240 e. The zero-order valence-corrected chi connectivity index (χ0v) is 11.8. The lowest BCUT2D eigenvalue weighted by molar-refractivity contribution is 0.349. The van der Waals surface area contributed by atoms with Gasteiger partial charge in [0.1, 0.15) is 0 Å². The molecule has 0 aliphatic rings. The predicted octanol–water partition coefficient (Wildman–Crippen LogP) is 2.61. The second kappa shape index (κ2) is 5.48. The van der Waals surface area contributed by atoms with Gasteiger partial charge in [-0.3, -0.25) is 4.98 Å². The highest BCUT2D eigenvalue weighted by molar-refractivity contribution is 5.14. The molecule has 0 radical (unpaired) electrons. The van der Waals surface area contributed by atoms with E-state index < -0.39 is 0 Å². The van der Waals surface area contributed by atoms with Gasteiger partial charge in [-0.2, -0.15) is 4.98 Å². The Bertz CT molecular complexity index is 516. The molecule has 0 aliphatic carbocycles. The zero-order valence-electron chi connectivity index (χ0n) is 11.8. The van der Waals surface area contributed by atoms with Crippen molar-refractivity contribution in [3.8, 4) is 0 Å². The van der Waals surface area contributed by atoms with Gasteiger partial charge < -0.3 is 9.84 Å². The molecule has 1 atom stereocenters. The van der Waals surface area contributed by atoms with E-state index in [0.29, 0.717) is 12.4 Å². The molecule has 2 aromatic rings. The first kappa shape index (κ1) is 13.7. The Hall–Kier alpha value is -1.75. The van der Waals surface area contributed by atoms with Gasteiger partial charge in [0.2, 0.25) is 5.89 Å². The lowest BCUT2D eigenvalue weighted by atomic mass is 9.96. The van der Waals surface area contributed by atoms with E-state index in [1.807, 2.05) is 12.1 Å².